The Labute approximate surface area is 127 Å². The van der Waals surface area contributed by atoms with Crippen LogP contribution in [-0.4, -0.2) is 11.8 Å². The first-order valence-electron chi connectivity index (χ1n) is 7.96. The molecule has 0 rings (SSSR count). The molecule has 0 spiro atoms. The van der Waals surface area contributed by atoms with E-state index in [1.54, 1.807) is 0 Å². The Morgan fingerprint density at radius 3 is 1.60 bits per heavy atom. The van der Waals surface area contributed by atoms with Crippen molar-refractivity contribution in [2.45, 2.75) is 83.5 Å². The van der Waals surface area contributed by atoms with Gasteiger partial charge in [-0.1, -0.05) is 69.3 Å². The number of hydrogen-bond donors (Lipinski definition) is 0. The molecule has 116 valence electrons. The van der Waals surface area contributed by atoms with Crippen LogP contribution in [-0.2, 0) is 4.79 Å². The van der Waals surface area contributed by atoms with Gasteiger partial charge in [0.1, 0.15) is 0 Å². The van der Waals surface area contributed by atoms with Crippen molar-refractivity contribution in [3.8, 4) is 0 Å². The Morgan fingerprint density at radius 1 is 0.800 bits per heavy atom. The number of unbranched alkanes of at least 4 members (excludes halogenated alkanes) is 11. The summed E-state index contributed by atoms with van der Waals surface area (Å²) >= 11 is 5.28. The molecule has 0 saturated heterocycles. The topological polar surface area (TPSA) is 65.8 Å². The van der Waals surface area contributed by atoms with Crippen LogP contribution in [0.4, 0.5) is 0 Å². The molecular formula is C15H28ClN3O. The van der Waals surface area contributed by atoms with E-state index < -0.39 is 0 Å². The van der Waals surface area contributed by atoms with Crippen molar-refractivity contribution in [3.05, 3.63) is 10.4 Å². The summed E-state index contributed by atoms with van der Waals surface area (Å²) in [5.74, 6) is 0. The summed E-state index contributed by atoms with van der Waals surface area (Å²) in [5.41, 5.74) is 8.12. The summed E-state index contributed by atoms with van der Waals surface area (Å²) in [5, 5.41) is 3.32. The lowest BCUT2D eigenvalue weighted by atomic mass is 10.0. The molecule has 0 saturated carbocycles. The maximum atomic E-state index is 10.5. The van der Waals surface area contributed by atoms with E-state index in [4.69, 9.17) is 17.1 Å². The first-order chi connectivity index (χ1) is 9.77. The van der Waals surface area contributed by atoms with Crippen LogP contribution < -0.4 is 0 Å². The highest BCUT2D eigenvalue weighted by molar-refractivity contribution is 6.63. The van der Waals surface area contributed by atoms with E-state index in [1.807, 2.05) is 0 Å². The third kappa shape index (κ3) is 17.3. The summed E-state index contributed by atoms with van der Waals surface area (Å²) in [6.45, 7) is 0.645. The Bertz CT molecular complexity index is 264. The van der Waals surface area contributed by atoms with Crippen LogP contribution in [0.3, 0.4) is 0 Å². The molecule has 0 aliphatic heterocycles. The zero-order valence-corrected chi connectivity index (χ0v) is 13.3. The van der Waals surface area contributed by atoms with E-state index in [-0.39, 0.29) is 5.24 Å². The molecule has 0 N–H and O–H groups in total. The van der Waals surface area contributed by atoms with Crippen LogP contribution in [0.25, 0.3) is 10.4 Å². The van der Waals surface area contributed by atoms with Crippen molar-refractivity contribution in [3.63, 3.8) is 0 Å². The second-order valence-corrected chi connectivity index (χ2v) is 5.72. The quantitative estimate of drug-likeness (QED) is 0.118. The molecule has 0 aliphatic carbocycles. The first-order valence-corrected chi connectivity index (χ1v) is 8.34. The number of rotatable bonds is 15. The van der Waals surface area contributed by atoms with E-state index in [2.05, 4.69) is 10.0 Å². The molecule has 0 aromatic heterocycles. The fourth-order valence-electron chi connectivity index (χ4n) is 2.26. The Hall–Kier alpha value is -0.730. The standard InChI is InChI=1S/C15H28ClN3O/c16-15(20)13-11-9-7-5-3-1-2-4-6-8-10-12-14-18-19-17/h1-14H2. The predicted molar refractivity (Wildman–Crippen MR) is 84.9 cm³/mol. The van der Waals surface area contributed by atoms with Crippen molar-refractivity contribution in [1.82, 2.24) is 0 Å². The monoisotopic (exact) mass is 301 g/mol. The number of hydrogen-bond acceptors (Lipinski definition) is 2. The SMILES string of the molecule is [N-]=[N+]=NCCCCCCCCCCCCCCC(=O)Cl. The van der Waals surface area contributed by atoms with Gasteiger partial charge in [0, 0.05) is 17.9 Å². The molecule has 0 radical (unpaired) electrons. The molecule has 0 amide bonds. The molecular weight excluding hydrogens is 274 g/mol. The molecule has 5 heteroatoms. The van der Waals surface area contributed by atoms with Crippen molar-refractivity contribution >= 4 is 16.8 Å². The first kappa shape index (κ1) is 19.3. The van der Waals surface area contributed by atoms with Crippen LogP contribution in [0, 0.1) is 0 Å². The van der Waals surface area contributed by atoms with Gasteiger partial charge in [0.15, 0.2) is 0 Å². The number of carbonyl (C=O) groups excluding carboxylic acids is 1. The molecule has 0 aromatic carbocycles. The molecule has 0 aliphatic rings. The van der Waals surface area contributed by atoms with Gasteiger partial charge < -0.3 is 0 Å². The molecule has 0 fully saturated rings. The van der Waals surface area contributed by atoms with E-state index in [1.165, 1.54) is 57.8 Å². The number of azide groups is 1. The minimum Gasteiger partial charge on any atom is -0.281 e. The highest BCUT2D eigenvalue weighted by Crippen LogP contribution is 2.12. The fourth-order valence-corrected chi connectivity index (χ4v) is 2.39. The lowest BCUT2D eigenvalue weighted by molar-refractivity contribution is -0.111. The zero-order valence-electron chi connectivity index (χ0n) is 12.5. The number of nitrogens with zero attached hydrogens (tertiary/aromatic N) is 3. The Balaban J connectivity index is 2.99. The third-order valence-corrected chi connectivity index (χ3v) is 3.63. The lowest BCUT2D eigenvalue weighted by Crippen LogP contribution is -1.87. The Kier molecular flexibility index (Phi) is 15.7. The van der Waals surface area contributed by atoms with Gasteiger partial charge in [0.2, 0.25) is 5.24 Å². The van der Waals surface area contributed by atoms with Gasteiger partial charge in [0.05, 0.1) is 0 Å². The molecule has 20 heavy (non-hydrogen) atoms. The van der Waals surface area contributed by atoms with Crippen molar-refractivity contribution < 1.29 is 4.79 Å². The highest BCUT2D eigenvalue weighted by Gasteiger charge is 1.96. The molecule has 4 nitrogen and oxygen atoms in total. The van der Waals surface area contributed by atoms with Crippen LogP contribution in [0.15, 0.2) is 5.11 Å². The second-order valence-electron chi connectivity index (χ2n) is 5.30. The molecule has 0 heterocycles. The maximum Gasteiger partial charge on any atom is 0.221 e. The molecule has 0 atom stereocenters. The number of halogens is 1. The van der Waals surface area contributed by atoms with Gasteiger partial charge >= 0.3 is 0 Å². The largest absolute Gasteiger partial charge is 0.281 e. The summed E-state index contributed by atoms with van der Waals surface area (Å²) in [6.07, 6.45) is 15.2. The van der Waals surface area contributed by atoms with Crippen LogP contribution in [0.2, 0.25) is 0 Å². The minimum atomic E-state index is -0.204. The van der Waals surface area contributed by atoms with Gasteiger partial charge in [-0.25, -0.2) is 0 Å². The van der Waals surface area contributed by atoms with Crippen molar-refractivity contribution in [2.75, 3.05) is 6.54 Å². The average molecular weight is 302 g/mol. The smallest absolute Gasteiger partial charge is 0.221 e. The summed E-state index contributed by atoms with van der Waals surface area (Å²) in [7, 11) is 0. The Morgan fingerprint density at radius 2 is 1.20 bits per heavy atom. The van der Waals surface area contributed by atoms with E-state index in [0.29, 0.717) is 13.0 Å². The molecule has 0 aromatic rings. The van der Waals surface area contributed by atoms with Crippen LogP contribution >= 0.6 is 11.6 Å². The summed E-state index contributed by atoms with van der Waals surface area (Å²) in [4.78, 5) is 13.3. The maximum absolute atomic E-state index is 10.5. The van der Waals surface area contributed by atoms with Crippen LogP contribution in [0.1, 0.15) is 83.5 Å². The second kappa shape index (κ2) is 16.3. The van der Waals surface area contributed by atoms with Crippen molar-refractivity contribution in [1.29, 1.82) is 0 Å². The predicted octanol–water partition coefficient (Wildman–Crippen LogP) is 6.13. The molecule has 0 bridgehead atoms. The van der Waals surface area contributed by atoms with Crippen molar-refractivity contribution in [2.24, 2.45) is 5.11 Å². The molecule has 0 unspecified atom stereocenters. The fraction of sp³-hybridized carbons (Fsp3) is 0.933. The third-order valence-electron chi connectivity index (χ3n) is 3.44. The van der Waals surface area contributed by atoms with Gasteiger partial charge in [-0.15, -0.1) is 0 Å². The number of carbonyl (C=O) groups is 1. The summed E-state index contributed by atoms with van der Waals surface area (Å²) in [6, 6.07) is 0. The van der Waals surface area contributed by atoms with E-state index in [9.17, 15) is 4.79 Å². The summed E-state index contributed by atoms with van der Waals surface area (Å²) < 4.78 is 0. The normalized spacial score (nSPS) is 10.2. The highest BCUT2D eigenvalue weighted by atomic mass is 35.5. The van der Waals surface area contributed by atoms with E-state index in [0.717, 1.165) is 19.3 Å². The van der Waals surface area contributed by atoms with Gasteiger partial charge in [-0.3, -0.25) is 4.79 Å². The van der Waals surface area contributed by atoms with Gasteiger partial charge in [-0.2, -0.15) is 0 Å². The lowest BCUT2D eigenvalue weighted by Gasteiger charge is -2.02. The average Bonchev–Trinajstić information content (AvgIpc) is 2.43. The van der Waals surface area contributed by atoms with Crippen LogP contribution in [0.5, 0.6) is 0 Å². The van der Waals surface area contributed by atoms with Gasteiger partial charge in [0.25, 0.3) is 0 Å². The van der Waals surface area contributed by atoms with Gasteiger partial charge in [-0.05, 0) is 30.0 Å². The zero-order chi connectivity index (χ0) is 14.9. The minimum absolute atomic E-state index is 0.204. The van der Waals surface area contributed by atoms with E-state index >= 15 is 0 Å².